The first-order valence-corrected chi connectivity index (χ1v) is 11.1. The number of anilines is 1. The number of aromatic nitrogens is 4. The highest BCUT2D eigenvalue weighted by Crippen LogP contribution is 2.30. The van der Waals surface area contributed by atoms with Gasteiger partial charge in [0, 0.05) is 24.8 Å². The monoisotopic (exact) mass is 461 g/mol. The number of hydrogen-bond donors (Lipinski definition) is 1. The standard InChI is InChI=1S/C24H24FN7O2/c1-16(20-6-5-19(25)14-26-20)29-24(33)31-9-10-34-23-21(31)11-17(12-27-23)3-4-18-13-28-32-8-7-30(2)15-22(18)32/h5-6,11-14,16H,7-10,15H2,1-2H3,(H,29,33)/t16-/m0/s1. The number of nitrogens with one attached hydrogen (secondary N) is 1. The molecular weight excluding hydrogens is 437 g/mol. The highest BCUT2D eigenvalue weighted by molar-refractivity contribution is 5.94. The first-order chi connectivity index (χ1) is 16.5. The van der Waals surface area contributed by atoms with E-state index in [0.29, 0.717) is 36.0 Å². The van der Waals surface area contributed by atoms with E-state index in [4.69, 9.17) is 4.74 Å². The van der Waals surface area contributed by atoms with E-state index in [-0.39, 0.29) is 6.03 Å². The summed E-state index contributed by atoms with van der Waals surface area (Å²) in [4.78, 5) is 25.3. The smallest absolute Gasteiger partial charge is 0.322 e. The van der Waals surface area contributed by atoms with E-state index in [2.05, 4.69) is 44.2 Å². The second-order valence-corrected chi connectivity index (χ2v) is 8.34. The van der Waals surface area contributed by atoms with Crippen molar-refractivity contribution in [2.24, 2.45) is 0 Å². The number of carbonyl (C=O) groups is 1. The Balaban J connectivity index is 1.36. The normalized spacial score (nSPS) is 15.9. The van der Waals surface area contributed by atoms with Gasteiger partial charge >= 0.3 is 6.03 Å². The molecule has 0 radical (unpaired) electrons. The van der Waals surface area contributed by atoms with E-state index in [1.807, 2.05) is 4.68 Å². The van der Waals surface area contributed by atoms with Crippen molar-refractivity contribution >= 4 is 11.7 Å². The fourth-order valence-electron chi connectivity index (χ4n) is 3.97. The van der Waals surface area contributed by atoms with Gasteiger partial charge in [-0.25, -0.2) is 14.2 Å². The molecule has 34 heavy (non-hydrogen) atoms. The van der Waals surface area contributed by atoms with Gasteiger partial charge in [-0.15, -0.1) is 0 Å². The van der Waals surface area contributed by atoms with E-state index in [1.54, 1.807) is 36.4 Å². The lowest BCUT2D eigenvalue weighted by atomic mass is 10.2. The average Bonchev–Trinajstić information content (AvgIpc) is 3.24. The number of pyridine rings is 2. The lowest BCUT2D eigenvalue weighted by Gasteiger charge is -2.29. The maximum absolute atomic E-state index is 13.2. The molecule has 3 aromatic rings. The van der Waals surface area contributed by atoms with Crippen molar-refractivity contribution in [3.05, 3.63) is 65.1 Å². The number of carbonyl (C=O) groups excluding carboxylic acids is 1. The second kappa shape index (κ2) is 9.11. The van der Waals surface area contributed by atoms with E-state index in [9.17, 15) is 9.18 Å². The molecule has 0 unspecified atom stereocenters. The molecule has 0 fully saturated rings. The summed E-state index contributed by atoms with van der Waals surface area (Å²) >= 11 is 0. The van der Waals surface area contributed by atoms with Crippen LogP contribution in [0.4, 0.5) is 14.9 Å². The summed E-state index contributed by atoms with van der Waals surface area (Å²) < 4.78 is 20.8. The third-order valence-corrected chi connectivity index (χ3v) is 5.86. The summed E-state index contributed by atoms with van der Waals surface area (Å²) in [5.74, 6) is 6.31. The predicted octanol–water partition coefficient (Wildman–Crippen LogP) is 2.33. The second-order valence-electron chi connectivity index (χ2n) is 8.34. The zero-order chi connectivity index (χ0) is 23.7. The largest absolute Gasteiger partial charge is 0.474 e. The van der Waals surface area contributed by atoms with Crippen LogP contribution in [0.5, 0.6) is 5.88 Å². The van der Waals surface area contributed by atoms with Crippen molar-refractivity contribution in [3.63, 3.8) is 0 Å². The number of ether oxygens (including phenoxy) is 1. The minimum absolute atomic E-state index is 0.316. The Bertz CT molecular complexity index is 1280. The molecule has 0 saturated carbocycles. The van der Waals surface area contributed by atoms with E-state index in [0.717, 1.165) is 37.1 Å². The van der Waals surface area contributed by atoms with Crippen LogP contribution in [-0.2, 0) is 13.1 Å². The fourth-order valence-corrected chi connectivity index (χ4v) is 3.97. The minimum atomic E-state index is -0.423. The lowest BCUT2D eigenvalue weighted by Crippen LogP contribution is -2.45. The molecule has 5 rings (SSSR count). The van der Waals surface area contributed by atoms with Gasteiger partial charge in [-0.1, -0.05) is 11.8 Å². The quantitative estimate of drug-likeness (QED) is 0.590. The van der Waals surface area contributed by atoms with Crippen molar-refractivity contribution in [2.75, 3.05) is 31.6 Å². The molecule has 1 N–H and O–H groups in total. The van der Waals surface area contributed by atoms with Crippen LogP contribution in [-0.4, -0.2) is 57.4 Å². The SMILES string of the molecule is C[C@H](NC(=O)N1CCOc2ncc(C#Cc3cnn4c3CN(C)CC4)cc21)c1ccc(F)cn1. The zero-order valence-corrected chi connectivity index (χ0v) is 19.0. The molecule has 2 aliphatic rings. The van der Waals surface area contributed by atoms with Crippen molar-refractivity contribution in [1.82, 2.24) is 30.0 Å². The van der Waals surface area contributed by atoms with E-state index in [1.165, 1.54) is 6.07 Å². The maximum Gasteiger partial charge on any atom is 0.322 e. The van der Waals surface area contributed by atoms with Gasteiger partial charge in [0.05, 0.1) is 48.5 Å². The number of hydrogen-bond acceptors (Lipinski definition) is 6. The van der Waals surface area contributed by atoms with Crippen molar-refractivity contribution in [3.8, 4) is 17.7 Å². The first-order valence-electron chi connectivity index (χ1n) is 11.1. The lowest BCUT2D eigenvalue weighted by molar-refractivity contribution is 0.235. The van der Waals surface area contributed by atoms with Crippen LogP contribution in [0, 0.1) is 17.7 Å². The number of rotatable bonds is 2. The molecule has 2 amide bonds. The summed E-state index contributed by atoms with van der Waals surface area (Å²) in [6.07, 6.45) is 4.56. The van der Waals surface area contributed by atoms with Crippen LogP contribution in [0.1, 0.15) is 35.5 Å². The van der Waals surface area contributed by atoms with Gasteiger partial charge in [0.25, 0.3) is 0 Å². The van der Waals surface area contributed by atoms with E-state index < -0.39 is 11.9 Å². The maximum atomic E-state index is 13.2. The molecule has 174 valence electrons. The van der Waals surface area contributed by atoms with Gasteiger partial charge in [0.2, 0.25) is 5.88 Å². The number of urea groups is 1. The summed E-state index contributed by atoms with van der Waals surface area (Å²) in [6.45, 7) is 5.10. The van der Waals surface area contributed by atoms with Gasteiger partial charge in [-0.2, -0.15) is 5.10 Å². The topological polar surface area (TPSA) is 88.4 Å². The summed E-state index contributed by atoms with van der Waals surface area (Å²) in [5, 5.41) is 7.34. The summed E-state index contributed by atoms with van der Waals surface area (Å²) in [5.41, 5.74) is 3.76. The Labute approximate surface area is 196 Å². The van der Waals surface area contributed by atoms with Gasteiger partial charge in [-0.05, 0) is 32.2 Å². The Morgan fingerprint density at radius 2 is 2.06 bits per heavy atom. The predicted molar refractivity (Wildman–Crippen MR) is 123 cm³/mol. The van der Waals surface area contributed by atoms with Crippen LogP contribution in [0.25, 0.3) is 0 Å². The molecule has 10 heteroatoms. The van der Waals surface area contributed by atoms with Crippen LogP contribution in [0.3, 0.4) is 0 Å². The fraction of sp³-hybridized carbons (Fsp3) is 0.333. The molecule has 0 bridgehead atoms. The molecule has 0 saturated heterocycles. The number of halogens is 1. The molecule has 0 spiro atoms. The third-order valence-electron chi connectivity index (χ3n) is 5.86. The minimum Gasteiger partial charge on any atom is -0.474 e. The molecule has 9 nitrogen and oxygen atoms in total. The van der Waals surface area contributed by atoms with E-state index >= 15 is 0 Å². The average molecular weight is 462 g/mol. The molecular formula is C24H24FN7O2. The molecule has 1 atom stereocenters. The summed E-state index contributed by atoms with van der Waals surface area (Å²) in [6, 6.07) is 3.96. The van der Waals surface area contributed by atoms with Crippen molar-refractivity contribution in [2.45, 2.75) is 26.1 Å². The van der Waals surface area contributed by atoms with Crippen molar-refractivity contribution < 1.29 is 13.9 Å². The molecule has 3 aromatic heterocycles. The third kappa shape index (κ3) is 4.43. The van der Waals surface area contributed by atoms with Crippen LogP contribution >= 0.6 is 0 Å². The van der Waals surface area contributed by atoms with Gasteiger partial charge in [0.15, 0.2) is 0 Å². The Morgan fingerprint density at radius 1 is 1.18 bits per heavy atom. The van der Waals surface area contributed by atoms with Crippen LogP contribution in [0.2, 0.25) is 0 Å². The Morgan fingerprint density at radius 3 is 2.88 bits per heavy atom. The molecule has 2 aliphatic heterocycles. The zero-order valence-electron chi connectivity index (χ0n) is 19.0. The highest BCUT2D eigenvalue weighted by Gasteiger charge is 2.26. The first kappa shape index (κ1) is 21.9. The molecule has 5 heterocycles. The van der Waals surface area contributed by atoms with Gasteiger partial charge < -0.3 is 10.1 Å². The highest BCUT2D eigenvalue weighted by atomic mass is 19.1. The van der Waals surface area contributed by atoms with Crippen LogP contribution < -0.4 is 15.0 Å². The van der Waals surface area contributed by atoms with Crippen LogP contribution in [0.15, 0.2) is 36.8 Å². The number of likely N-dealkylation sites (N-methyl/N-ethyl adjacent to an activating group) is 1. The number of fused-ring (bicyclic) bond motifs is 2. The molecule has 0 aliphatic carbocycles. The van der Waals surface area contributed by atoms with Crippen molar-refractivity contribution in [1.29, 1.82) is 0 Å². The Hall–Kier alpha value is -3.97. The molecule has 0 aromatic carbocycles. The number of amides is 2. The van der Waals surface area contributed by atoms with Gasteiger partial charge in [0.1, 0.15) is 18.1 Å². The number of nitrogens with zero attached hydrogens (tertiary/aromatic N) is 6. The van der Waals surface area contributed by atoms with Gasteiger partial charge in [-0.3, -0.25) is 19.5 Å². The Kier molecular flexibility index (Phi) is 5.86. The summed E-state index contributed by atoms with van der Waals surface area (Å²) in [7, 11) is 2.08.